The smallest absolute Gasteiger partial charge is 0.177 e. The molecule has 0 atom stereocenters. The van der Waals surface area contributed by atoms with Gasteiger partial charge < -0.3 is 14.5 Å². The molecule has 0 amide bonds. The third-order valence-electron chi connectivity index (χ3n) is 5.56. The molecule has 5 heterocycles. The summed E-state index contributed by atoms with van der Waals surface area (Å²) < 4.78 is 7.22. The number of hydrogen-bond donors (Lipinski definition) is 0. The molecule has 0 bridgehead atoms. The quantitative estimate of drug-likeness (QED) is 0.675. The van der Waals surface area contributed by atoms with Gasteiger partial charge in [-0.2, -0.15) is 4.52 Å². The van der Waals surface area contributed by atoms with E-state index in [1.165, 1.54) is 0 Å². The highest BCUT2D eigenvalue weighted by atomic mass is 16.5. The van der Waals surface area contributed by atoms with E-state index in [2.05, 4.69) is 31.2 Å². The molecule has 28 heavy (non-hydrogen) atoms. The minimum atomic E-state index is 0.482. The molecule has 0 saturated carbocycles. The first-order valence-corrected chi connectivity index (χ1v) is 9.86. The summed E-state index contributed by atoms with van der Waals surface area (Å²) in [6.45, 7) is 7.25. The molecule has 0 unspecified atom stereocenters. The Labute approximate surface area is 163 Å². The van der Waals surface area contributed by atoms with Crippen molar-refractivity contribution in [3.63, 3.8) is 0 Å². The van der Waals surface area contributed by atoms with E-state index in [4.69, 9.17) is 14.7 Å². The first-order valence-electron chi connectivity index (χ1n) is 9.86. The van der Waals surface area contributed by atoms with Crippen LogP contribution in [0, 0.1) is 6.92 Å². The number of nitrogens with zero attached hydrogens (tertiary/aromatic N) is 8. The number of ether oxygens (including phenoxy) is 1. The minimum absolute atomic E-state index is 0.482. The summed E-state index contributed by atoms with van der Waals surface area (Å²) >= 11 is 0. The highest BCUT2D eigenvalue weighted by molar-refractivity contribution is 5.48. The molecule has 0 radical (unpaired) electrons. The molecule has 3 aromatic rings. The van der Waals surface area contributed by atoms with Crippen molar-refractivity contribution in [2.45, 2.75) is 25.7 Å². The summed E-state index contributed by atoms with van der Waals surface area (Å²) in [6, 6.07) is 6.15. The van der Waals surface area contributed by atoms with Crippen LogP contribution in [-0.2, 0) is 4.74 Å². The second kappa shape index (κ2) is 7.31. The van der Waals surface area contributed by atoms with Crippen molar-refractivity contribution in [2.75, 3.05) is 49.2 Å². The standard InChI is InChI=1S/C19H24N8O/c1-14-21-16(15-4-10-28-11-5-15)12-19(22-14)26-8-6-25(7-9-26)18-3-2-17-23-20-13-27(17)24-18/h2-3,12-13,15H,4-11H2,1H3. The zero-order valence-corrected chi connectivity index (χ0v) is 16.0. The van der Waals surface area contributed by atoms with Gasteiger partial charge in [0.2, 0.25) is 0 Å². The van der Waals surface area contributed by atoms with Crippen molar-refractivity contribution in [3.05, 3.63) is 36.0 Å². The van der Waals surface area contributed by atoms with Crippen LogP contribution in [0.5, 0.6) is 0 Å². The lowest BCUT2D eigenvalue weighted by Gasteiger charge is -2.36. The molecule has 3 aromatic heterocycles. The fraction of sp³-hybridized carbons (Fsp3) is 0.526. The van der Waals surface area contributed by atoms with Gasteiger partial charge in [0.25, 0.3) is 0 Å². The van der Waals surface area contributed by atoms with Gasteiger partial charge in [-0.1, -0.05) is 0 Å². The molecule has 2 aliphatic rings. The van der Waals surface area contributed by atoms with Gasteiger partial charge in [-0.05, 0) is 31.9 Å². The molecular formula is C19H24N8O. The number of hydrogen-bond acceptors (Lipinski definition) is 8. The van der Waals surface area contributed by atoms with E-state index in [1.54, 1.807) is 10.8 Å². The Kier molecular flexibility index (Phi) is 4.52. The highest BCUT2D eigenvalue weighted by Gasteiger charge is 2.23. The van der Waals surface area contributed by atoms with E-state index in [0.717, 1.165) is 81.0 Å². The van der Waals surface area contributed by atoms with Crippen LogP contribution in [0.2, 0.25) is 0 Å². The second-order valence-corrected chi connectivity index (χ2v) is 7.38. The Morgan fingerprint density at radius 1 is 0.964 bits per heavy atom. The molecule has 2 saturated heterocycles. The van der Waals surface area contributed by atoms with Crippen LogP contribution in [0.3, 0.4) is 0 Å². The van der Waals surface area contributed by atoms with Gasteiger partial charge in [0, 0.05) is 57.1 Å². The van der Waals surface area contributed by atoms with Crippen LogP contribution < -0.4 is 9.80 Å². The van der Waals surface area contributed by atoms with E-state index >= 15 is 0 Å². The molecule has 2 fully saturated rings. The first-order chi connectivity index (χ1) is 13.8. The monoisotopic (exact) mass is 380 g/mol. The Morgan fingerprint density at radius 2 is 1.71 bits per heavy atom. The summed E-state index contributed by atoms with van der Waals surface area (Å²) in [5.41, 5.74) is 1.92. The van der Waals surface area contributed by atoms with Crippen LogP contribution in [0.25, 0.3) is 5.65 Å². The average Bonchev–Trinajstić information content (AvgIpc) is 3.22. The summed E-state index contributed by atoms with van der Waals surface area (Å²) in [5.74, 6) is 3.32. The molecular weight excluding hydrogens is 356 g/mol. The van der Waals surface area contributed by atoms with Crippen molar-refractivity contribution in [3.8, 4) is 0 Å². The molecule has 5 rings (SSSR count). The lowest BCUT2D eigenvalue weighted by molar-refractivity contribution is 0.0844. The maximum absolute atomic E-state index is 5.50. The van der Waals surface area contributed by atoms with E-state index in [9.17, 15) is 0 Å². The Hall–Kier alpha value is -2.81. The number of rotatable bonds is 3. The third-order valence-corrected chi connectivity index (χ3v) is 5.56. The van der Waals surface area contributed by atoms with Crippen molar-refractivity contribution in [1.29, 1.82) is 0 Å². The van der Waals surface area contributed by atoms with Gasteiger partial charge in [0.1, 0.15) is 23.8 Å². The molecule has 2 aliphatic heterocycles. The van der Waals surface area contributed by atoms with E-state index in [1.807, 2.05) is 19.1 Å². The summed E-state index contributed by atoms with van der Waals surface area (Å²) in [7, 11) is 0. The summed E-state index contributed by atoms with van der Waals surface area (Å²) in [4.78, 5) is 14.1. The van der Waals surface area contributed by atoms with E-state index < -0.39 is 0 Å². The van der Waals surface area contributed by atoms with Gasteiger partial charge >= 0.3 is 0 Å². The van der Waals surface area contributed by atoms with Gasteiger partial charge in [0.05, 0.1) is 0 Å². The fourth-order valence-corrected chi connectivity index (χ4v) is 3.99. The third kappa shape index (κ3) is 3.37. The largest absolute Gasteiger partial charge is 0.381 e. The number of anilines is 2. The highest BCUT2D eigenvalue weighted by Crippen LogP contribution is 2.28. The molecule has 0 aliphatic carbocycles. The Balaban J connectivity index is 1.30. The van der Waals surface area contributed by atoms with Crippen molar-refractivity contribution in [2.24, 2.45) is 0 Å². The lowest BCUT2D eigenvalue weighted by atomic mass is 9.96. The predicted molar refractivity (Wildman–Crippen MR) is 105 cm³/mol. The predicted octanol–water partition coefficient (Wildman–Crippen LogP) is 1.44. The second-order valence-electron chi connectivity index (χ2n) is 7.38. The average molecular weight is 380 g/mol. The molecule has 0 N–H and O–H groups in total. The normalized spacial score (nSPS) is 18.8. The van der Waals surface area contributed by atoms with Crippen LogP contribution in [-0.4, -0.2) is 69.2 Å². The number of aromatic nitrogens is 6. The maximum atomic E-state index is 5.50. The maximum Gasteiger partial charge on any atom is 0.177 e. The molecule has 0 aromatic carbocycles. The Morgan fingerprint density at radius 3 is 2.50 bits per heavy atom. The first kappa shape index (κ1) is 17.3. The van der Waals surface area contributed by atoms with Crippen molar-refractivity contribution < 1.29 is 4.74 Å². The zero-order valence-electron chi connectivity index (χ0n) is 16.0. The van der Waals surface area contributed by atoms with Gasteiger partial charge in [-0.3, -0.25) is 0 Å². The molecule has 9 heteroatoms. The van der Waals surface area contributed by atoms with Crippen LogP contribution >= 0.6 is 0 Å². The lowest BCUT2D eigenvalue weighted by Crippen LogP contribution is -2.47. The van der Waals surface area contributed by atoms with Crippen molar-refractivity contribution in [1.82, 2.24) is 29.8 Å². The van der Waals surface area contributed by atoms with E-state index in [0.29, 0.717) is 5.92 Å². The summed E-state index contributed by atoms with van der Waals surface area (Å²) in [6.07, 6.45) is 3.72. The number of aryl methyl sites for hydroxylation is 1. The molecule has 146 valence electrons. The fourth-order valence-electron chi connectivity index (χ4n) is 3.99. The Bertz CT molecular complexity index is 959. The van der Waals surface area contributed by atoms with Crippen LogP contribution in [0.1, 0.15) is 30.3 Å². The molecule has 9 nitrogen and oxygen atoms in total. The number of piperazine rings is 1. The summed E-state index contributed by atoms with van der Waals surface area (Å²) in [5, 5.41) is 12.5. The molecule has 0 spiro atoms. The van der Waals surface area contributed by atoms with Crippen LogP contribution in [0.4, 0.5) is 11.6 Å². The minimum Gasteiger partial charge on any atom is -0.381 e. The topological polar surface area (TPSA) is 84.6 Å². The zero-order chi connectivity index (χ0) is 18.9. The van der Waals surface area contributed by atoms with Crippen molar-refractivity contribution >= 4 is 17.3 Å². The van der Waals surface area contributed by atoms with Gasteiger partial charge in [0.15, 0.2) is 5.65 Å². The van der Waals surface area contributed by atoms with Gasteiger partial charge in [-0.25, -0.2) is 9.97 Å². The van der Waals surface area contributed by atoms with E-state index in [-0.39, 0.29) is 0 Å². The van der Waals surface area contributed by atoms with Gasteiger partial charge in [-0.15, -0.1) is 15.3 Å². The SMILES string of the molecule is Cc1nc(C2CCOCC2)cc(N2CCN(c3ccc4nncn4n3)CC2)n1. The van der Waals surface area contributed by atoms with Crippen LogP contribution in [0.15, 0.2) is 24.5 Å². The number of fused-ring (bicyclic) bond motifs is 1.